The van der Waals surface area contributed by atoms with Gasteiger partial charge in [-0.25, -0.2) is 29.4 Å². The number of rotatable bonds is 0. The van der Waals surface area contributed by atoms with E-state index in [0.717, 1.165) is 12.8 Å². The molecule has 0 fully saturated rings. The van der Waals surface area contributed by atoms with Crippen LogP contribution in [-0.4, -0.2) is 0 Å². The van der Waals surface area contributed by atoms with Crippen LogP contribution in [0.25, 0.3) is 0 Å². The van der Waals surface area contributed by atoms with Crippen LogP contribution in [0.5, 0.6) is 0 Å². The summed E-state index contributed by atoms with van der Waals surface area (Å²) < 4.78 is 0. The number of hydrogen-bond acceptors (Lipinski definition) is 0. The molecule has 86 valence electrons. The molecule has 2 rings (SSSR count). The van der Waals surface area contributed by atoms with Gasteiger partial charge in [-0.2, -0.15) is 11.6 Å². The molecule has 0 aliphatic heterocycles. The van der Waals surface area contributed by atoms with Crippen molar-refractivity contribution in [2.24, 2.45) is 0 Å². The Morgan fingerprint density at radius 3 is 1.88 bits per heavy atom. The van der Waals surface area contributed by atoms with Gasteiger partial charge >= 0.3 is 26.2 Å². The standard InChI is InChI=1S/C8H11.C5H5.2ClH.Zr/c1-6-4-7(2)8(3)5-6;1-2-4-5-3-1;;;/h4H2,1-3H3;1-3H,4H2;2*1H;/q2*-1;;;+4/p-2. The average Bonchev–Trinajstić information content (AvgIpc) is 2.66. The monoisotopic (exact) mass is 332 g/mol. The average molecular weight is 334 g/mol. The second kappa shape index (κ2) is 11.9. The molecule has 0 spiro atoms. The zero-order chi connectivity index (χ0) is 9.68. The first kappa shape index (κ1) is 21.7. The molecule has 0 aromatic heterocycles. The molecule has 0 saturated carbocycles. The van der Waals surface area contributed by atoms with Gasteiger partial charge in [-0.15, -0.1) is 13.3 Å². The topological polar surface area (TPSA) is 0 Å². The molecule has 0 aromatic carbocycles. The Morgan fingerprint density at radius 2 is 1.75 bits per heavy atom. The van der Waals surface area contributed by atoms with Crippen molar-refractivity contribution >= 4 is 0 Å². The molecule has 16 heavy (non-hydrogen) atoms. The van der Waals surface area contributed by atoms with Crippen LogP contribution in [0.2, 0.25) is 0 Å². The van der Waals surface area contributed by atoms with Crippen molar-refractivity contribution < 1.29 is 51.0 Å². The maximum atomic E-state index is 3.26. The van der Waals surface area contributed by atoms with Crippen LogP contribution in [-0.2, 0) is 26.2 Å². The molecule has 0 unspecified atom stereocenters. The van der Waals surface area contributed by atoms with Gasteiger partial charge in [0.05, 0.1) is 0 Å². The molecule has 2 aliphatic rings. The third-order valence-electron chi connectivity index (χ3n) is 2.16. The van der Waals surface area contributed by atoms with E-state index in [-0.39, 0.29) is 51.0 Å². The Hall–Kier alpha value is 0.423. The van der Waals surface area contributed by atoms with Crippen LogP contribution in [0.15, 0.2) is 34.9 Å². The molecule has 0 atom stereocenters. The molecule has 0 saturated heterocycles. The van der Waals surface area contributed by atoms with Gasteiger partial charge in [0.2, 0.25) is 0 Å². The van der Waals surface area contributed by atoms with E-state index in [1.807, 2.05) is 12.2 Å². The van der Waals surface area contributed by atoms with E-state index in [9.17, 15) is 0 Å². The summed E-state index contributed by atoms with van der Waals surface area (Å²) in [5, 5.41) is 0. The van der Waals surface area contributed by atoms with E-state index in [0.29, 0.717) is 0 Å². The molecule has 0 amide bonds. The summed E-state index contributed by atoms with van der Waals surface area (Å²) in [6.07, 6.45) is 14.4. The van der Waals surface area contributed by atoms with E-state index in [4.69, 9.17) is 0 Å². The van der Waals surface area contributed by atoms with Crippen LogP contribution in [0.3, 0.4) is 0 Å². The second-order valence-electron chi connectivity index (χ2n) is 3.49. The van der Waals surface area contributed by atoms with Gasteiger partial charge in [0.1, 0.15) is 0 Å². The van der Waals surface area contributed by atoms with E-state index in [2.05, 4.69) is 39.0 Å². The van der Waals surface area contributed by atoms with Gasteiger partial charge < -0.3 is 24.8 Å². The van der Waals surface area contributed by atoms with Crippen molar-refractivity contribution in [3.05, 3.63) is 47.1 Å². The summed E-state index contributed by atoms with van der Waals surface area (Å²) in [6, 6.07) is 0. The fourth-order valence-corrected chi connectivity index (χ4v) is 1.34. The predicted molar refractivity (Wildman–Crippen MR) is 57.0 cm³/mol. The first-order valence-electron chi connectivity index (χ1n) is 4.67. The fraction of sp³-hybridized carbons (Fsp3) is 0.385. The minimum Gasteiger partial charge on any atom is -1.00 e. The van der Waals surface area contributed by atoms with Crippen molar-refractivity contribution in [3.8, 4) is 0 Å². The van der Waals surface area contributed by atoms with E-state index in [1.165, 1.54) is 16.7 Å². The quantitative estimate of drug-likeness (QED) is 0.441. The Bertz CT molecular complexity index is 289. The summed E-state index contributed by atoms with van der Waals surface area (Å²) in [4.78, 5) is 0. The maximum absolute atomic E-state index is 3.26. The van der Waals surface area contributed by atoms with Crippen LogP contribution >= 0.6 is 0 Å². The summed E-state index contributed by atoms with van der Waals surface area (Å²) in [5.41, 5.74) is 4.19. The van der Waals surface area contributed by atoms with Crippen LogP contribution in [0.1, 0.15) is 33.6 Å². The van der Waals surface area contributed by atoms with Gasteiger partial charge in [0, 0.05) is 0 Å². The van der Waals surface area contributed by atoms with Crippen molar-refractivity contribution in [1.82, 2.24) is 0 Å². The zero-order valence-electron chi connectivity index (χ0n) is 9.90. The van der Waals surface area contributed by atoms with Crippen molar-refractivity contribution in [2.75, 3.05) is 0 Å². The van der Waals surface area contributed by atoms with Crippen LogP contribution < -0.4 is 24.8 Å². The molecule has 0 heterocycles. The molecule has 0 nitrogen and oxygen atoms in total. The molecule has 0 bridgehead atoms. The Kier molecular flexibility index (Phi) is 16.1. The Morgan fingerprint density at radius 1 is 1.12 bits per heavy atom. The van der Waals surface area contributed by atoms with Gasteiger partial charge in [-0.05, 0) is 0 Å². The molecule has 0 aromatic rings. The van der Waals surface area contributed by atoms with E-state index >= 15 is 0 Å². The molecule has 2 aliphatic carbocycles. The third-order valence-corrected chi connectivity index (χ3v) is 2.16. The van der Waals surface area contributed by atoms with Crippen LogP contribution in [0, 0.1) is 12.2 Å². The van der Waals surface area contributed by atoms with Gasteiger partial charge in [-0.1, -0.05) is 20.3 Å². The van der Waals surface area contributed by atoms with Crippen LogP contribution in [0.4, 0.5) is 0 Å². The first-order chi connectivity index (χ1) is 6.20. The van der Waals surface area contributed by atoms with E-state index in [1.54, 1.807) is 0 Å². The SMILES string of the molecule is CC1=[C-]C(C)=C(C)C1.[C-]1=CC=CC1.[Cl-].[Cl-].[Zr+4]. The zero-order valence-corrected chi connectivity index (χ0v) is 13.9. The number of allylic oxidation sites excluding steroid dienone is 8. The summed E-state index contributed by atoms with van der Waals surface area (Å²) in [7, 11) is 0. The molecular weight excluding hydrogens is 318 g/mol. The smallest absolute Gasteiger partial charge is 1.00 e. The Balaban J connectivity index is -0.000000189. The van der Waals surface area contributed by atoms with E-state index < -0.39 is 0 Å². The molecule has 3 heteroatoms. The largest absolute Gasteiger partial charge is 4.00 e. The third kappa shape index (κ3) is 8.56. The van der Waals surface area contributed by atoms with Gasteiger partial charge in [0.15, 0.2) is 0 Å². The predicted octanol–water partition coefficient (Wildman–Crippen LogP) is -2.21. The minimum atomic E-state index is 0. The normalized spacial score (nSPS) is 15.3. The van der Waals surface area contributed by atoms with Crippen molar-refractivity contribution in [1.29, 1.82) is 0 Å². The molecule has 0 radical (unpaired) electrons. The van der Waals surface area contributed by atoms with Crippen molar-refractivity contribution in [2.45, 2.75) is 33.6 Å². The Labute approximate surface area is 131 Å². The second-order valence-corrected chi connectivity index (χ2v) is 3.49. The number of halogens is 2. The van der Waals surface area contributed by atoms with Gasteiger partial charge in [0.25, 0.3) is 0 Å². The summed E-state index contributed by atoms with van der Waals surface area (Å²) in [5.74, 6) is 0. The maximum Gasteiger partial charge on any atom is 4.00 e. The summed E-state index contributed by atoms with van der Waals surface area (Å²) >= 11 is 0. The number of hydrogen-bond donors (Lipinski definition) is 0. The minimum absolute atomic E-state index is 0. The van der Waals surface area contributed by atoms with Gasteiger partial charge in [-0.3, -0.25) is 6.08 Å². The summed E-state index contributed by atoms with van der Waals surface area (Å²) in [6.45, 7) is 6.41. The molecular formula is C13H16Cl2Zr. The fourth-order valence-electron chi connectivity index (χ4n) is 1.34. The first-order valence-corrected chi connectivity index (χ1v) is 4.67. The molecule has 0 N–H and O–H groups in total. The van der Waals surface area contributed by atoms with Crippen molar-refractivity contribution in [3.63, 3.8) is 0 Å².